The van der Waals surface area contributed by atoms with Crippen molar-refractivity contribution in [1.29, 1.82) is 0 Å². The molecule has 1 aliphatic heterocycles. The summed E-state index contributed by atoms with van der Waals surface area (Å²) >= 11 is 0. The fraction of sp³-hybridized carbons (Fsp3) is 0.235. The zero-order chi connectivity index (χ0) is 21.1. The van der Waals surface area contributed by atoms with Crippen molar-refractivity contribution in [2.24, 2.45) is 0 Å². The van der Waals surface area contributed by atoms with Gasteiger partial charge in [0, 0.05) is 12.4 Å². The first kappa shape index (κ1) is 19.4. The number of hydrogen-bond acceptors (Lipinski definition) is 5. The summed E-state index contributed by atoms with van der Waals surface area (Å²) in [6.45, 7) is 1.25. The number of nitrogens with zero attached hydrogens (tertiary/aromatic N) is 4. The van der Waals surface area contributed by atoms with Crippen molar-refractivity contribution in [3.63, 3.8) is 0 Å². The molecule has 29 heavy (non-hydrogen) atoms. The third-order valence-electron chi connectivity index (χ3n) is 4.62. The van der Waals surface area contributed by atoms with E-state index in [4.69, 9.17) is 7.85 Å². The maximum Gasteiger partial charge on any atom is 0.417 e. The van der Waals surface area contributed by atoms with Crippen LogP contribution in [0.1, 0.15) is 28.5 Å². The summed E-state index contributed by atoms with van der Waals surface area (Å²) in [5.41, 5.74) is -0.658. The number of hydrogen-bond donors (Lipinski definition) is 0. The van der Waals surface area contributed by atoms with E-state index < -0.39 is 27.5 Å². The molecule has 3 aromatic heterocycles. The number of sulfone groups is 1. The molecule has 0 aliphatic carbocycles. The van der Waals surface area contributed by atoms with Gasteiger partial charge in [0.15, 0.2) is 15.7 Å². The minimum atomic E-state index is -4.66. The van der Waals surface area contributed by atoms with Crippen LogP contribution in [0, 0.1) is 0 Å². The van der Waals surface area contributed by atoms with Crippen LogP contribution < -0.4 is 10.4 Å². The highest BCUT2D eigenvalue weighted by Crippen LogP contribution is 2.36. The van der Waals surface area contributed by atoms with Gasteiger partial charge in [-0.05, 0) is 12.1 Å². The first-order chi connectivity index (χ1) is 13.5. The third kappa shape index (κ3) is 3.07. The first-order valence-corrected chi connectivity index (χ1v) is 10.1. The van der Waals surface area contributed by atoms with Crippen LogP contribution in [-0.2, 0) is 22.6 Å². The smallest absolute Gasteiger partial charge is 0.284 e. The van der Waals surface area contributed by atoms with Crippen LogP contribution in [0.15, 0.2) is 35.5 Å². The first-order valence-electron chi connectivity index (χ1n) is 8.41. The summed E-state index contributed by atoms with van der Waals surface area (Å²) in [6.07, 6.45) is -2.63. The Morgan fingerprint density at radius 1 is 1.28 bits per heavy atom. The van der Waals surface area contributed by atoms with Gasteiger partial charge in [-0.2, -0.15) is 13.2 Å². The molecule has 0 spiro atoms. The van der Waals surface area contributed by atoms with E-state index in [1.807, 2.05) is 0 Å². The summed E-state index contributed by atoms with van der Waals surface area (Å²) in [4.78, 5) is 17.4. The van der Waals surface area contributed by atoms with Gasteiger partial charge >= 0.3 is 6.18 Å². The zero-order valence-electron chi connectivity index (χ0n) is 14.9. The van der Waals surface area contributed by atoms with Crippen LogP contribution in [0.5, 0.6) is 0 Å². The average molecular weight is 420 g/mol. The fourth-order valence-electron chi connectivity index (χ4n) is 3.15. The van der Waals surface area contributed by atoms with Crippen LogP contribution in [0.4, 0.5) is 19.0 Å². The molecule has 0 saturated carbocycles. The van der Waals surface area contributed by atoms with E-state index in [1.54, 1.807) is 0 Å². The Bertz CT molecular complexity index is 1270. The molecular formula is C17H12BF3N4O3S. The topological polar surface area (TPSA) is 84.6 Å². The molecule has 0 aromatic carbocycles. The van der Waals surface area contributed by atoms with Crippen LogP contribution in [0.25, 0.3) is 5.52 Å². The lowest BCUT2D eigenvalue weighted by Crippen LogP contribution is -2.25. The number of fused-ring (bicyclic) bond motifs is 2. The molecule has 4 rings (SSSR count). The molecule has 0 fully saturated rings. The Labute approximate surface area is 164 Å². The Morgan fingerprint density at radius 2 is 2.00 bits per heavy atom. The maximum absolute atomic E-state index is 13.0. The number of carbonyl (C=O) groups is 1. The summed E-state index contributed by atoms with van der Waals surface area (Å²) in [7, 11) is 1.90. The lowest BCUT2D eigenvalue weighted by Gasteiger charge is -2.14. The van der Waals surface area contributed by atoms with Gasteiger partial charge in [0.05, 0.1) is 34.6 Å². The predicted octanol–water partition coefficient (Wildman–Crippen LogP) is 1.50. The van der Waals surface area contributed by atoms with E-state index in [0.717, 1.165) is 4.90 Å². The molecule has 0 unspecified atom stereocenters. The highest BCUT2D eigenvalue weighted by atomic mass is 32.2. The molecular weight excluding hydrogens is 408 g/mol. The monoisotopic (exact) mass is 420 g/mol. The summed E-state index contributed by atoms with van der Waals surface area (Å²) in [5.74, 6) is -1.23. The van der Waals surface area contributed by atoms with Crippen molar-refractivity contribution in [1.82, 2.24) is 14.6 Å². The second-order valence-electron chi connectivity index (χ2n) is 6.46. The largest absolute Gasteiger partial charge is 0.417 e. The summed E-state index contributed by atoms with van der Waals surface area (Å²) in [5, 5.41) is 4.19. The van der Waals surface area contributed by atoms with E-state index >= 15 is 0 Å². The minimum Gasteiger partial charge on any atom is -0.284 e. The number of rotatable bonds is 3. The molecule has 12 heteroatoms. The van der Waals surface area contributed by atoms with E-state index in [9.17, 15) is 26.4 Å². The highest BCUT2D eigenvalue weighted by Gasteiger charge is 2.39. The van der Waals surface area contributed by atoms with Crippen LogP contribution in [0.3, 0.4) is 0 Å². The molecule has 2 radical (unpaired) electrons. The summed E-state index contributed by atoms with van der Waals surface area (Å²) < 4.78 is 65.6. The molecule has 0 atom stereocenters. The van der Waals surface area contributed by atoms with Gasteiger partial charge in [-0.25, -0.2) is 12.9 Å². The number of halogens is 3. The van der Waals surface area contributed by atoms with Gasteiger partial charge in [-0.1, -0.05) is 18.5 Å². The number of aromatic nitrogens is 3. The number of amides is 1. The zero-order valence-corrected chi connectivity index (χ0v) is 15.8. The lowest BCUT2D eigenvalue weighted by molar-refractivity contribution is -0.137. The SMILES string of the molecule is [B]c1ccc2c(S(=O)(=O)CC)c(N3Cc4ncc(C(F)(F)F)cc4C3=O)nn2c1. The van der Waals surface area contributed by atoms with Crippen molar-refractivity contribution >= 4 is 40.4 Å². The quantitative estimate of drug-likeness (QED) is 0.600. The Balaban J connectivity index is 1.89. The van der Waals surface area contributed by atoms with Crippen molar-refractivity contribution in [3.05, 3.63) is 47.4 Å². The Kier molecular flexibility index (Phi) is 4.23. The summed E-state index contributed by atoms with van der Waals surface area (Å²) in [6, 6.07) is 3.67. The maximum atomic E-state index is 13.0. The molecule has 148 valence electrons. The van der Waals surface area contributed by atoms with Crippen molar-refractivity contribution in [2.75, 3.05) is 10.7 Å². The second kappa shape index (κ2) is 6.31. The molecule has 0 saturated heterocycles. The second-order valence-corrected chi connectivity index (χ2v) is 8.67. The Morgan fingerprint density at radius 3 is 2.66 bits per heavy atom. The molecule has 0 N–H and O–H groups in total. The average Bonchev–Trinajstić information content (AvgIpc) is 3.18. The molecule has 3 aromatic rings. The van der Waals surface area contributed by atoms with Gasteiger partial charge in [-0.15, -0.1) is 5.10 Å². The van der Waals surface area contributed by atoms with Crippen LogP contribution in [-0.4, -0.2) is 42.5 Å². The Hall–Kier alpha value is -2.89. The molecule has 0 bridgehead atoms. The number of alkyl halides is 3. The standard InChI is InChI=1S/C17H12BF3N4O3S/c1-2-29(27,28)14-13-4-3-10(18)7-25(13)23-15(14)24-8-12-11(16(24)26)5-9(6-22-12)17(19,20)21/h3-7H,2,8H2,1H3. The molecule has 7 nitrogen and oxygen atoms in total. The van der Waals surface area contributed by atoms with Crippen molar-refractivity contribution < 1.29 is 26.4 Å². The van der Waals surface area contributed by atoms with E-state index in [1.165, 1.54) is 29.8 Å². The van der Waals surface area contributed by atoms with Crippen molar-refractivity contribution in [2.45, 2.75) is 24.5 Å². The third-order valence-corrected chi connectivity index (χ3v) is 6.39. The van der Waals surface area contributed by atoms with E-state index in [-0.39, 0.29) is 39.8 Å². The number of carbonyl (C=O) groups excluding carboxylic acids is 1. The van der Waals surface area contributed by atoms with Gasteiger partial charge in [0.2, 0.25) is 0 Å². The normalized spacial score (nSPS) is 14.6. The highest BCUT2D eigenvalue weighted by molar-refractivity contribution is 7.91. The fourth-order valence-corrected chi connectivity index (χ4v) is 4.34. The van der Waals surface area contributed by atoms with E-state index in [2.05, 4.69) is 10.1 Å². The molecule has 4 heterocycles. The molecule has 1 aliphatic rings. The lowest BCUT2D eigenvalue weighted by atomic mass is 9.99. The number of anilines is 1. The number of pyridine rings is 2. The van der Waals surface area contributed by atoms with E-state index in [0.29, 0.717) is 17.7 Å². The van der Waals surface area contributed by atoms with Gasteiger partial charge in [-0.3, -0.25) is 14.7 Å². The molecule has 1 amide bonds. The van der Waals surface area contributed by atoms with Crippen molar-refractivity contribution in [3.8, 4) is 0 Å². The predicted molar refractivity (Wildman–Crippen MR) is 98.1 cm³/mol. The minimum absolute atomic E-state index is 0.111. The van der Waals surface area contributed by atoms with Crippen LogP contribution in [0.2, 0.25) is 0 Å². The van der Waals surface area contributed by atoms with Gasteiger partial charge < -0.3 is 0 Å². The van der Waals surface area contributed by atoms with Crippen LogP contribution >= 0.6 is 0 Å². The van der Waals surface area contributed by atoms with Gasteiger partial charge in [0.1, 0.15) is 12.7 Å². The van der Waals surface area contributed by atoms with Gasteiger partial charge in [0.25, 0.3) is 5.91 Å².